The molecule has 1 saturated heterocycles. The average Bonchev–Trinajstić information content (AvgIpc) is 3.21. The third-order valence-corrected chi connectivity index (χ3v) is 3.42. The second-order valence-electron chi connectivity index (χ2n) is 5.45. The van der Waals surface area contributed by atoms with Crippen LogP contribution in [0.2, 0.25) is 0 Å². The summed E-state index contributed by atoms with van der Waals surface area (Å²) in [5.74, 6) is -1.30. The third-order valence-electron chi connectivity index (χ3n) is 3.42. The van der Waals surface area contributed by atoms with Crippen molar-refractivity contribution in [2.75, 3.05) is 0 Å². The number of hydrogen-bond donors (Lipinski definition) is 0. The normalized spacial score (nSPS) is 28.8. The molecule has 23 heavy (non-hydrogen) atoms. The zero-order valence-corrected chi connectivity index (χ0v) is 13.3. The van der Waals surface area contributed by atoms with Crippen LogP contribution in [-0.2, 0) is 33.3 Å². The molecule has 0 aromatic heterocycles. The second-order valence-corrected chi connectivity index (χ2v) is 5.45. The molecular formula is C16H20O7. The fourth-order valence-electron chi connectivity index (χ4n) is 2.36. The average molecular weight is 324 g/mol. The third kappa shape index (κ3) is 5.21. The zero-order chi connectivity index (χ0) is 17.0. The molecule has 7 nitrogen and oxygen atoms in total. The SMILES string of the molecule is CC(=O)O[C@@H](C)[C@@H](/C=C/[C@@H]1O[C@@H]1[C@H]1CC=CC(=O)O1)OC(C)=O. The first-order valence-electron chi connectivity index (χ1n) is 7.42. The number of hydrogen-bond acceptors (Lipinski definition) is 7. The molecule has 0 aromatic carbocycles. The van der Waals surface area contributed by atoms with Crippen molar-refractivity contribution in [3.63, 3.8) is 0 Å². The summed E-state index contributed by atoms with van der Waals surface area (Å²) < 4.78 is 20.8. The van der Waals surface area contributed by atoms with E-state index in [4.69, 9.17) is 18.9 Å². The van der Waals surface area contributed by atoms with E-state index in [-0.39, 0.29) is 24.3 Å². The Labute approximate surface area is 134 Å². The number of carbonyl (C=O) groups is 3. The highest BCUT2D eigenvalue weighted by Crippen LogP contribution is 2.32. The van der Waals surface area contributed by atoms with Crippen molar-refractivity contribution >= 4 is 17.9 Å². The molecule has 2 aliphatic heterocycles. The lowest BCUT2D eigenvalue weighted by Crippen LogP contribution is -2.30. The number of ether oxygens (including phenoxy) is 4. The lowest BCUT2D eigenvalue weighted by molar-refractivity contribution is -0.160. The van der Waals surface area contributed by atoms with Gasteiger partial charge >= 0.3 is 17.9 Å². The van der Waals surface area contributed by atoms with Gasteiger partial charge in [0.25, 0.3) is 0 Å². The van der Waals surface area contributed by atoms with Crippen LogP contribution in [0.5, 0.6) is 0 Å². The van der Waals surface area contributed by atoms with Gasteiger partial charge in [0.2, 0.25) is 0 Å². The van der Waals surface area contributed by atoms with E-state index in [2.05, 4.69) is 0 Å². The van der Waals surface area contributed by atoms with Gasteiger partial charge in [-0.05, 0) is 13.0 Å². The van der Waals surface area contributed by atoms with Crippen LogP contribution in [0.3, 0.4) is 0 Å². The molecule has 0 aliphatic carbocycles. The Kier molecular flexibility index (Phi) is 5.54. The molecule has 0 amide bonds. The summed E-state index contributed by atoms with van der Waals surface area (Å²) in [6.45, 7) is 4.21. The van der Waals surface area contributed by atoms with Gasteiger partial charge in [-0.15, -0.1) is 0 Å². The van der Waals surface area contributed by atoms with Gasteiger partial charge in [0.15, 0.2) is 6.10 Å². The molecule has 2 heterocycles. The predicted molar refractivity (Wildman–Crippen MR) is 78.2 cm³/mol. The van der Waals surface area contributed by atoms with Crippen molar-refractivity contribution < 1.29 is 33.3 Å². The number of rotatable bonds is 6. The molecule has 7 heteroatoms. The first kappa shape index (κ1) is 17.2. The first-order valence-corrected chi connectivity index (χ1v) is 7.42. The van der Waals surface area contributed by atoms with Crippen LogP contribution in [0.1, 0.15) is 27.2 Å². The number of esters is 3. The fraction of sp³-hybridized carbons (Fsp3) is 0.562. The molecular weight excluding hydrogens is 304 g/mol. The maximum absolute atomic E-state index is 11.2. The summed E-state index contributed by atoms with van der Waals surface area (Å²) in [5.41, 5.74) is 0. The maximum Gasteiger partial charge on any atom is 0.330 e. The Bertz CT molecular complexity index is 537. The smallest absolute Gasteiger partial charge is 0.330 e. The Hall–Kier alpha value is -2.15. The number of cyclic esters (lactones) is 1. The topological polar surface area (TPSA) is 91.4 Å². The molecule has 5 atom stereocenters. The van der Waals surface area contributed by atoms with Gasteiger partial charge in [0.05, 0.1) is 0 Å². The van der Waals surface area contributed by atoms with Crippen LogP contribution in [0.25, 0.3) is 0 Å². The quantitative estimate of drug-likeness (QED) is 0.312. The molecule has 1 fully saturated rings. The number of epoxide rings is 1. The summed E-state index contributed by atoms with van der Waals surface area (Å²) in [4.78, 5) is 33.4. The number of carbonyl (C=O) groups excluding carboxylic acids is 3. The van der Waals surface area contributed by atoms with Crippen LogP contribution < -0.4 is 0 Å². The molecule has 0 N–H and O–H groups in total. The Morgan fingerprint density at radius 2 is 2.00 bits per heavy atom. The summed E-state index contributed by atoms with van der Waals surface area (Å²) in [7, 11) is 0. The van der Waals surface area contributed by atoms with Crippen molar-refractivity contribution in [1.82, 2.24) is 0 Å². The van der Waals surface area contributed by atoms with Gasteiger partial charge in [0.1, 0.15) is 24.4 Å². The maximum atomic E-state index is 11.2. The molecule has 126 valence electrons. The second kappa shape index (κ2) is 7.41. The lowest BCUT2D eigenvalue weighted by Gasteiger charge is -2.20. The van der Waals surface area contributed by atoms with E-state index < -0.39 is 24.1 Å². The van der Waals surface area contributed by atoms with Crippen molar-refractivity contribution in [2.45, 2.75) is 57.7 Å². The summed E-state index contributed by atoms with van der Waals surface area (Å²) in [6.07, 6.45) is 5.06. The minimum absolute atomic E-state index is 0.206. The largest absolute Gasteiger partial charge is 0.459 e. The molecule has 0 radical (unpaired) electrons. The minimum Gasteiger partial charge on any atom is -0.459 e. The summed E-state index contributed by atoms with van der Waals surface area (Å²) in [6, 6.07) is 0. The van der Waals surface area contributed by atoms with Crippen LogP contribution in [-0.4, -0.2) is 48.4 Å². The Morgan fingerprint density at radius 3 is 2.61 bits per heavy atom. The van der Waals surface area contributed by atoms with Crippen LogP contribution >= 0.6 is 0 Å². The van der Waals surface area contributed by atoms with E-state index in [1.165, 1.54) is 19.9 Å². The molecule has 0 unspecified atom stereocenters. The zero-order valence-electron chi connectivity index (χ0n) is 13.3. The summed E-state index contributed by atoms with van der Waals surface area (Å²) in [5, 5.41) is 0. The van der Waals surface area contributed by atoms with Crippen molar-refractivity contribution in [3.05, 3.63) is 24.3 Å². The molecule has 0 saturated carbocycles. The molecule has 2 aliphatic rings. The highest BCUT2D eigenvalue weighted by atomic mass is 16.6. The van der Waals surface area contributed by atoms with Crippen molar-refractivity contribution in [2.24, 2.45) is 0 Å². The van der Waals surface area contributed by atoms with Gasteiger partial charge in [-0.1, -0.05) is 12.2 Å². The van der Waals surface area contributed by atoms with Crippen LogP contribution in [0.15, 0.2) is 24.3 Å². The van der Waals surface area contributed by atoms with Crippen LogP contribution in [0.4, 0.5) is 0 Å². The van der Waals surface area contributed by atoms with E-state index in [1.54, 1.807) is 25.2 Å². The van der Waals surface area contributed by atoms with Crippen LogP contribution in [0, 0.1) is 0 Å². The first-order chi connectivity index (χ1) is 10.9. The van der Waals surface area contributed by atoms with E-state index in [0.29, 0.717) is 6.42 Å². The molecule has 2 rings (SSSR count). The van der Waals surface area contributed by atoms with Crippen molar-refractivity contribution in [3.8, 4) is 0 Å². The van der Waals surface area contributed by atoms with Crippen molar-refractivity contribution in [1.29, 1.82) is 0 Å². The van der Waals surface area contributed by atoms with E-state index in [0.717, 1.165) is 0 Å². The lowest BCUT2D eigenvalue weighted by atomic mass is 10.1. The Balaban J connectivity index is 1.90. The molecule has 0 bridgehead atoms. The monoisotopic (exact) mass is 324 g/mol. The highest BCUT2D eigenvalue weighted by Gasteiger charge is 2.45. The molecule has 0 aromatic rings. The van der Waals surface area contributed by atoms with E-state index in [9.17, 15) is 14.4 Å². The Morgan fingerprint density at radius 1 is 1.30 bits per heavy atom. The highest BCUT2D eigenvalue weighted by molar-refractivity contribution is 5.82. The predicted octanol–water partition coefficient (Wildman–Crippen LogP) is 1.06. The van der Waals surface area contributed by atoms with E-state index in [1.807, 2.05) is 0 Å². The standard InChI is InChI=1S/C16H20O7/c1-9(20-10(2)17)12(21-11(3)18)7-8-14-16(23-14)13-5-4-6-15(19)22-13/h4,6-9,12-14,16H,5H2,1-3H3/b8-7+/t9-,12+,13+,14-,16+/m0/s1. The van der Waals surface area contributed by atoms with Gasteiger partial charge < -0.3 is 18.9 Å². The van der Waals surface area contributed by atoms with Gasteiger partial charge in [-0.3, -0.25) is 9.59 Å². The van der Waals surface area contributed by atoms with Gasteiger partial charge in [0, 0.05) is 26.3 Å². The molecule has 0 spiro atoms. The minimum atomic E-state index is -0.699. The summed E-state index contributed by atoms with van der Waals surface area (Å²) >= 11 is 0. The van der Waals surface area contributed by atoms with E-state index >= 15 is 0 Å². The van der Waals surface area contributed by atoms with Gasteiger partial charge in [-0.2, -0.15) is 0 Å². The fourth-order valence-corrected chi connectivity index (χ4v) is 2.36. The van der Waals surface area contributed by atoms with Gasteiger partial charge in [-0.25, -0.2) is 4.79 Å².